The van der Waals surface area contributed by atoms with Crippen LogP contribution in [0, 0.1) is 5.92 Å². The van der Waals surface area contributed by atoms with Gasteiger partial charge in [0.2, 0.25) is 11.8 Å². The van der Waals surface area contributed by atoms with Gasteiger partial charge in [0, 0.05) is 39.0 Å². The topological polar surface area (TPSA) is 90.9 Å². The first-order valence-electron chi connectivity index (χ1n) is 14.1. The molecule has 0 aromatic heterocycles. The fourth-order valence-corrected chi connectivity index (χ4v) is 5.12. The SMILES string of the molecule is CCCN(CCC)C(=O)CCCC(=O)N[C@@H](CC1CCCCC1)[C@H](O)CNCc1cccc(OC)c1. The number of hydrogen-bond donors (Lipinski definition) is 3. The van der Waals surface area contributed by atoms with E-state index in [0.29, 0.717) is 38.3 Å². The quantitative estimate of drug-likeness (QED) is 0.293. The summed E-state index contributed by atoms with van der Waals surface area (Å²) in [6, 6.07) is 7.57. The smallest absolute Gasteiger partial charge is 0.222 e. The van der Waals surface area contributed by atoms with Crippen molar-refractivity contribution in [2.45, 2.75) is 103 Å². The van der Waals surface area contributed by atoms with Gasteiger partial charge in [-0.15, -0.1) is 0 Å². The van der Waals surface area contributed by atoms with Crippen molar-refractivity contribution in [1.29, 1.82) is 0 Å². The third-order valence-electron chi connectivity index (χ3n) is 7.07. The molecule has 0 heterocycles. The summed E-state index contributed by atoms with van der Waals surface area (Å²) < 4.78 is 5.28. The highest BCUT2D eigenvalue weighted by atomic mass is 16.5. The monoisotopic (exact) mass is 503 g/mol. The zero-order valence-corrected chi connectivity index (χ0v) is 22.8. The van der Waals surface area contributed by atoms with Gasteiger partial charge in [0.15, 0.2) is 0 Å². The minimum absolute atomic E-state index is 0.0759. The van der Waals surface area contributed by atoms with E-state index in [2.05, 4.69) is 24.5 Å². The second-order valence-electron chi connectivity index (χ2n) is 10.2. The Labute approximate surface area is 218 Å². The van der Waals surface area contributed by atoms with E-state index >= 15 is 0 Å². The lowest BCUT2D eigenvalue weighted by Gasteiger charge is -2.30. The number of carbonyl (C=O) groups is 2. The number of methoxy groups -OCH3 is 1. The summed E-state index contributed by atoms with van der Waals surface area (Å²) >= 11 is 0. The fourth-order valence-electron chi connectivity index (χ4n) is 5.12. The highest BCUT2D eigenvalue weighted by molar-refractivity contribution is 5.79. The van der Waals surface area contributed by atoms with Crippen LogP contribution in [-0.4, -0.2) is 60.7 Å². The van der Waals surface area contributed by atoms with Crippen molar-refractivity contribution in [3.63, 3.8) is 0 Å². The lowest BCUT2D eigenvalue weighted by molar-refractivity contribution is -0.131. The van der Waals surface area contributed by atoms with Crippen LogP contribution >= 0.6 is 0 Å². The highest BCUT2D eigenvalue weighted by Gasteiger charge is 2.26. The maximum absolute atomic E-state index is 12.8. The molecule has 1 aliphatic carbocycles. The van der Waals surface area contributed by atoms with Crippen LogP contribution in [0.3, 0.4) is 0 Å². The number of hydrogen-bond acceptors (Lipinski definition) is 5. The van der Waals surface area contributed by atoms with Crippen molar-refractivity contribution in [2.75, 3.05) is 26.7 Å². The van der Waals surface area contributed by atoms with E-state index in [1.807, 2.05) is 29.2 Å². The van der Waals surface area contributed by atoms with Crippen LogP contribution in [0.1, 0.15) is 90.0 Å². The van der Waals surface area contributed by atoms with Gasteiger partial charge in [0.1, 0.15) is 5.75 Å². The number of aliphatic hydroxyl groups excluding tert-OH is 1. The third-order valence-corrected chi connectivity index (χ3v) is 7.07. The Morgan fingerprint density at radius 2 is 1.83 bits per heavy atom. The molecule has 1 aromatic carbocycles. The molecule has 0 aliphatic heterocycles. The van der Waals surface area contributed by atoms with Crippen LogP contribution in [-0.2, 0) is 16.1 Å². The number of benzene rings is 1. The highest BCUT2D eigenvalue weighted by Crippen LogP contribution is 2.28. The normalized spacial score (nSPS) is 15.8. The molecule has 0 bridgehead atoms. The summed E-state index contributed by atoms with van der Waals surface area (Å²) in [4.78, 5) is 27.2. The zero-order chi connectivity index (χ0) is 26.2. The van der Waals surface area contributed by atoms with E-state index in [1.165, 1.54) is 19.3 Å². The molecule has 204 valence electrons. The van der Waals surface area contributed by atoms with Gasteiger partial charge in [-0.1, -0.05) is 58.1 Å². The number of ether oxygens (including phenoxy) is 1. The average molecular weight is 504 g/mol. The van der Waals surface area contributed by atoms with Crippen LogP contribution in [0.5, 0.6) is 5.75 Å². The minimum atomic E-state index is -0.673. The van der Waals surface area contributed by atoms with Crippen LogP contribution in [0.2, 0.25) is 0 Å². The van der Waals surface area contributed by atoms with E-state index in [-0.39, 0.29) is 17.9 Å². The number of nitrogens with one attached hydrogen (secondary N) is 2. The molecule has 1 aromatic rings. The van der Waals surface area contributed by atoms with Gasteiger partial charge in [-0.05, 0) is 49.3 Å². The number of carbonyl (C=O) groups excluding carboxylic acids is 2. The molecule has 1 fully saturated rings. The Morgan fingerprint density at radius 1 is 1.11 bits per heavy atom. The Balaban J connectivity index is 1.85. The predicted molar refractivity (Wildman–Crippen MR) is 145 cm³/mol. The van der Waals surface area contributed by atoms with Gasteiger partial charge in [0.25, 0.3) is 0 Å². The first kappa shape index (κ1) is 30.1. The minimum Gasteiger partial charge on any atom is -0.497 e. The first-order valence-corrected chi connectivity index (χ1v) is 14.1. The lowest BCUT2D eigenvalue weighted by Crippen LogP contribution is -2.48. The molecule has 0 saturated heterocycles. The molecule has 7 nitrogen and oxygen atoms in total. The van der Waals surface area contributed by atoms with Crippen LogP contribution in [0.15, 0.2) is 24.3 Å². The van der Waals surface area contributed by atoms with Crippen molar-refractivity contribution < 1.29 is 19.4 Å². The molecule has 0 unspecified atom stereocenters. The number of amides is 2. The Bertz CT molecular complexity index is 761. The Kier molecular flexibility index (Phi) is 14.5. The second kappa shape index (κ2) is 17.4. The predicted octanol–water partition coefficient (Wildman–Crippen LogP) is 4.42. The lowest BCUT2D eigenvalue weighted by atomic mass is 9.83. The van der Waals surface area contributed by atoms with Gasteiger partial charge in [-0.3, -0.25) is 9.59 Å². The zero-order valence-electron chi connectivity index (χ0n) is 22.8. The fraction of sp³-hybridized carbons (Fsp3) is 0.724. The van der Waals surface area contributed by atoms with Crippen molar-refractivity contribution in [3.8, 4) is 5.75 Å². The largest absolute Gasteiger partial charge is 0.497 e. The molecule has 0 radical (unpaired) electrons. The van der Waals surface area contributed by atoms with E-state index < -0.39 is 6.10 Å². The van der Waals surface area contributed by atoms with Crippen molar-refractivity contribution >= 4 is 11.8 Å². The van der Waals surface area contributed by atoms with E-state index in [1.54, 1.807) is 7.11 Å². The molecular weight excluding hydrogens is 454 g/mol. The van der Waals surface area contributed by atoms with E-state index in [9.17, 15) is 14.7 Å². The molecule has 1 aliphatic rings. The van der Waals surface area contributed by atoms with E-state index in [4.69, 9.17) is 4.74 Å². The van der Waals surface area contributed by atoms with Crippen LogP contribution in [0.4, 0.5) is 0 Å². The van der Waals surface area contributed by atoms with Crippen LogP contribution in [0.25, 0.3) is 0 Å². The van der Waals surface area contributed by atoms with Gasteiger partial charge < -0.3 is 25.4 Å². The Hall–Kier alpha value is -2.12. The van der Waals surface area contributed by atoms with Crippen molar-refractivity contribution in [2.24, 2.45) is 5.92 Å². The van der Waals surface area contributed by atoms with Crippen molar-refractivity contribution in [3.05, 3.63) is 29.8 Å². The number of rotatable bonds is 17. The molecule has 2 amide bonds. The average Bonchev–Trinajstić information content (AvgIpc) is 2.88. The van der Waals surface area contributed by atoms with Gasteiger partial charge in [0.05, 0.1) is 19.3 Å². The summed E-state index contributed by atoms with van der Waals surface area (Å²) in [7, 11) is 1.65. The molecule has 2 atom stereocenters. The molecule has 36 heavy (non-hydrogen) atoms. The molecule has 0 spiro atoms. The van der Waals surface area contributed by atoms with Gasteiger partial charge in [-0.2, -0.15) is 0 Å². The number of aliphatic hydroxyl groups is 1. The summed E-state index contributed by atoms with van der Waals surface area (Å²) in [5, 5.41) is 17.5. The van der Waals surface area contributed by atoms with Gasteiger partial charge >= 0.3 is 0 Å². The van der Waals surface area contributed by atoms with Gasteiger partial charge in [-0.25, -0.2) is 0 Å². The third kappa shape index (κ3) is 11.3. The summed E-state index contributed by atoms with van der Waals surface area (Å²) in [6.07, 6.45) is 9.30. The number of nitrogens with zero attached hydrogens (tertiary/aromatic N) is 1. The Morgan fingerprint density at radius 3 is 2.50 bits per heavy atom. The van der Waals surface area contributed by atoms with Crippen LogP contribution < -0.4 is 15.4 Å². The maximum atomic E-state index is 12.8. The molecular formula is C29H49N3O4. The summed E-state index contributed by atoms with van der Waals surface area (Å²) in [5.41, 5.74) is 1.08. The standard InChI is InChI=1S/C29H49N3O4/c1-4-17-32(18-5-2)29(35)16-10-15-28(34)31-26(20-23-11-7-6-8-12-23)27(33)22-30-21-24-13-9-14-25(19-24)36-3/h9,13-14,19,23,26-27,30,33H,4-8,10-12,15-18,20-22H2,1-3H3,(H,31,34)/t26-,27+/m0/s1. The van der Waals surface area contributed by atoms with Crippen molar-refractivity contribution in [1.82, 2.24) is 15.5 Å². The maximum Gasteiger partial charge on any atom is 0.222 e. The van der Waals surface area contributed by atoms with E-state index in [0.717, 1.165) is 56.5 Å². The summed E-state index contributed by atoms with van der Waals surface area (Å²) in [5.74, 6) is 1.40. The second-order valence-corrected chi connectivity index (χ2v) is 10.2. The molecule has 7 heteroatoms. The molecule has 3 N–H and O–H groups in total. The first-order chi connectivity index (χ1) is 17.5. The molecule has 2 rings (SSSR count). The summed E-state index contributed by atoms with van der Waals surface area (Å²) in [6.45, 7) is 6.72. The molecule has 1 saturated carbocycles.